The van der Waals surface area contributed by atoms with Gasteiger partial charge in [-0.3, -0.25) is 19.8 Å². The van der Waals surface area contributed by atoms with Crippen LogP contribution in [0.2, 0.25) is 0 Å². The summed E-state index contributed by atoms with van der Waals surface area (Å²) in [6, 6.07) is 11.8. The number of piperidine rings is 1. The van der Waals surface area contributed by atoms with Gasteiger partial charge in [-0.25, -0.2) is 0 Å². The lowest BCUT2D eigenvalue weighted by molar-refractivity contribution is -0.380. The normalized spacial score (nSPS) is 17.8. The van der Waals surface area contributed by atoms with E-state index in [1.165, 1.54) is 37.0 Å². The molecule has 7 heteroatoms. The Balaban J connectivity index is 1.52. The number of benzene rings is 1. The van der Waals surface area contributed by atoms with Crippen LogP contribution in [0.25, 0.3) is 0 Å². The monoisotopic (exact) mass is 373 g/mol. The Hall–Kier alpha value is -2.25. The first-order valence-electron chi connectivity index (χ1n) is 8.87. The van der Waals surface area contributed by atoms with Crippen LogP contribution < -0.4 is 5.32 Å². The number of nitrogens with one attached hydrogen (secondary N) is 1. The zero-order chi connectivity index (χ0) is 18.5. The van der Waals surface area contributed by atoms with Gasteiger partial charge in [-0.15, -0.1) is 0 Å². The maximum Gasteiger partial charge on any atom is 0.324 e. The molecule has 1 fully saturated rings. The van der Waals surface area contributed by atoms with Gasteiger partial charge >= 0.3 is 5.00 Å². The average Bonchev–Trinajstić information content (AvgIpc) is 3.13. The molecule has 0 bridgehead atoms. The van der Waals surface area contributed by atoms with E-state index in [0.717, 1.165) is 30.0 Å². The highest BCUT2D eigenvalue weighted by Gasteiger charge is 2.18. The third-order valence-corrected chi connectivity index (χ3v) is 5.83. The number of hydrogen-bond donors (Lipinski definition) is 1. The van der Waals surface area contributed by atoms with Gasteiger partial charge in [-0.1, -0.05) is 42.0 Å². The number of carbonyl (C=O) groups is 1. The topological polar surface area (TPSA) is 75.5 Å². The maximum absolute atomic E-state index is 12.1. The zero-order valence-electron chi connectivity index (χ0n) is 14.8. The number of hydrogen-bond acceptors (Lipinski definition) is 5. The van der Waals surface area contributed by atoms with E-state index in [9.17, 15) is 14.9 Å². The van der Waals surface area contributed by atoms with Crippen molar-refractivity contribution in [1.29, 1.82) is 0 Å². The Labute approximate surface area is 157 Å². The lowest BCUT2D eigenvalue weighted by Crippen LogP contribution is -2.36. The summed E-state index contributed by atoms with van der Waals surface area (Å²) in [5.41, 5.74) is 2.29. The van der Waals surface area contributed by atoms with E-state index in [-0.39, 0.29) is 10.9 Å². The van der Waals surface area contributed by atoms with Crippen molar-refractivity contribution in [3.63, 3.8) is 0 Å². The standard InChI is InChI=1S/C19H23N3O3S/c1-14-4-2-3-11-21(14)13-16-7-5-15(6-8-16)12-20-19(23)17-9-10-18(26-17)22(24)25/h5-10,14H,2-4,11-13H2,1H3,(H,20,23). The summed E-state index contributed by atoms with van der Waals surface area (Å²) in [4.78, 5) is 25.2. The SMILES string of the molecule is CC1CCCCN1Cc1ccc(CNC(=O)c2ccc([N+](=O)[O-])s2)cc1. The number of nitrogens with zero attached hydrogens (tertiary/aromatic N) is 2. The summed E-state index contributed by atoms with van der Waals surface area (Å²) >= 11 is 0.890. The molecule has 1 aromatic carbocycles. The Bertz CT molecular complexity index is 773. The Kier molecular flexibility index (Phi) is 6.00. The summed E-state index contributed by atoms with van der Waals surface area (Å²) in [5, 5.41) is 13.5. The van der Waals surface area contributed by atoms with Crippen LogP contribution in [0.4, 0.5) is 5.00 Å². The van der Waals surface area contributed by atoms with E-state index < -0.39 is 4.92 Å². The molecular formula is C19H23N3O3S. The van der Waals surface area contributed by atoms with Crippen LogP contribution in [-0.2, 0) is 13.1 Å². The van der Waals surface area contributed by atoms with Gasteiger partial charge in [0.15, 0.2) is 0 Å². The fraction of sp³-hybridized carbons (Fsp3) is 0.421. The summed E-state index contributed by atoms with van der Waals surface area (Å²) in [6.45, 7) is 4.82. The molecule has 0 radical (unpaired) electrons. The lowest BCUT2D eigenvalue weighted by Gasteiger charge is -2.33. The van der Waals surface area contributed by atoms with Crippen molar-refractivity contribution in [1.82, 2.24) is 10.2 Å². The predicted octanol–water partition coefficient (Wildman–Crippen LogP) is 3.96. The van der Waals surface area contributed by atoms with E-state index in [0.29, 0.717) is 17.5 Å². The fourth-order valence-electron chi connectivity index (χ4n) is 3.21. The first-order valence-corrected chi connectivity index (χ1v) is 9.69. The van der Waals surface area contributed by atoms with Crippen molar-refractivity contribution >= 4 is 22.2 Å². The highest BCUT2D eigenvalue weighted by molar-refractivity contribution is 7.17. The molecule has 1 atom stereocenters. The van der Waals surface area contributed by atoms with Crippen molar-refractivity contribution in [2.24, 2.45) is 0 Å². The molecule has 1 N–H and O–H groups in total. The predicted molar refractivity (Wildman–Crippen MR) is 102 cm³/mol. The number of likely N-dealkylation sites (tertiary alicyclic amines) is 1. The van der Waals surface area contributed by atoms with Crippen molar-refractivity contribution in [2.45, 2.75) is 45.3 Å². The molecule has 1 aromatic heterocycles. The van der Waals surface area contributed by atoms with Crippen molar-refractivity contribution in [3.05, 3.63) is 62.5 Å². The van der Waals surface area contributed by atoms with Crippen LogP contribution in [-0.4, -0.2) is 28.3 Å². The van der Waals surface area contributed by atoms with E-state index in [2.05, 4.69) is 29.3 Å². The third kappa shape index (κ3) is 4.68. The number of nitro groups is 1. The second-order valence-electron chi connectivity index (χ2n) is 6.71. The van der Waals surface area contributed by atoms with Crippen LogP contribution in [0.15, 0.2) is 36.4 Å². The first kappa shape index (κ1) is 18.5. The minimum Gasteiger partial charge on any atom is -0.347 e. The number of thiophene rings is 1. The summed E-state index contributed by atoms with van der Waals surface area (Å²) in [6.07, 6.45) is 3.87. The molecule has 3 rings (SSSR count). The van der Waals surface area contributed by atoms with E-state index >= 15 is 0 Å². The first-order chi connectivity index (χ1) is 12.5. The molecule has 1 amide bonds. The highest BCUT2D eigenvalue weighted by Crippen LogP contribution is 2.24. The fourth-order valence-corrected chi connectivity index (χ4v) is 3.94. The average molecular weight is 373 g/mol. The molecule has 6 nitrogen and oxygen atoms in total. The molecule has 0 spiro atoms. The second-order valence-corrected chi connectivity index (χ2v) is 7.77. The molecule has 1 saturated heterocycles. The molecule has 1 unspecified atom stereocenters. The molecule has 2 heterocycles. The molecule has 26 heavy (non-hydrogen) atoms. The Morgan fingerprint density at radius 3 is 2.62 bits per heavy atom. The zero-order valence-corrected chi connectivity index (χ0v) is 15.6. The van der Waals surface area contributed by atoms with Crippen LogP contribution in [0.3, 0.4) is 0 Å². The molecule has 138 valence electrons. The quantitative estimate of drug-likeness (QED) is 0.614. The third-order valence-electron chi connectivity index (χ3n) is 4.80. The van der Waals surface area contributed by atoms with Crippen LogP contribution in [0.1, 0.15) is 47.0 Å². The van der Waals surface area contributed by atoms with Crippen LogP contribution in [0.5, 0.6) is 0 Å². The smallest absolute Gasteiger partial charge is 0.324 e. The molecule has 0 saturated carbocycles. The van der Waals surface area contributed by atoms with Crippen molar-refractivity contribution < 1.29 is 9.72 Å². The van der Waals surface area contributed by atoms with Crippen molar-refractivity contribution in [3.8, 4) is 0 Å². The van der Waals surface area contributed by atoms with Gasteiger partial charge in [-0.2, -0.15) is 0 Å². The Morgan fingerprint density at radius 1 is 1.23 bits per heavy atom. The molecular weight excluding hydrogens is 350 g/mol. The number of amides is 1. The largest absolute Gasteiger partial charge is 0.347 e. The van der Waals surface area contributed by atoms with Gasteiger partial charge in [-0.05, 0) is 43.5 Å². The number of carbonyl (C=O) groups excluding carboxylic acids is 1. The molecule has 1 aliphatic heterocycles. The van der Waals surface area contributed by atoms with Crippen LogP contribution in [0, 0.1) is 10.1 Å². The minimum absolute atomic E-state index is 0.0218. The molecule has 0 aliphatic carbocycles. The molecule has 2 aromatic rings. The van der Waals surface area contributed by atoms with Gasteiger partial charge in [0.25, 0.3) is 5.91 Å². The van der Waals surface area contributed by atoms with Gasteiger partial charge in [0.05, 0.1) is 9.80 Å². The summed E-state index contributed by atoms with van der Waals surface area (Å²) in [5.74, 6) is -0.283. The summed E-state index contributed by atoms with van der Waals surface area (Å²) in [7, 11) is 0. The van der Waals surface area contributed by atoms with E-state index in [1.807, 2.05) is 12.1 Å². The lowest BCUT2D eigenvalue weighted by atomic mass is 10.0. The van der Waals surface area contributed by atoms with E-state index in [4.69, 9.17) is 0 Å². The minimum atomic E-state index is -0.483. The Morgan fingerprint density at radius 2 is 1.96 bits per heavy atom. The van der Waals surface area contributed by atoms with Gasteiger partial charge in [0, 0.05) is 25.2 Å². The second kappa shape index (κ2) is 8.42. The highest BCUT2D eigenvalue weighted by atomic mass is 32.1. The van der Waals surface area contributed by atoms with Crippen molar-refractivity contribution in [2.75, 3.05) is 6.54 Å². The maximum atomic E-state index is 12.1. The van der Waals surface area contributed by atoms with Gasteiger partial charge in [0.2, 0.25) is 0 Å². The van der Waals surface area contributed by atoms with Gasteiger partial charge in [0.1, 0.15) is 0 Å². The van der Waals surface area contributed by atoms with Crippen LogP contribution >= 0.6 is 11.3 Å². The van der Waals surface area contributed by atoms with Gasteiger partial charge < -0.3 is 5.32 Å². The molecule has 1 aliphatic rings. The summed E-state index contributed by atoms with van der Waals surface area (Å²) < 4.78 is 0. The number of rotatable bonds is 6. The van der Waals surface area contributed by atoms with E-state index in [1.54, 1.807) is 0 Å².